The summed E-state index contributed by atoms with van der Waals surface area (Å²) in [6.45, 7) is 7.64. The Labute approximate surface area is 121 Å². The fraction of sp³-hybridized carbons (Fsp3) is 0.600. The van der Waals surface area contributed by atoms with Crippen LogP contribution in [-0.2, 0) is 6.54 Å². The minimum absolute atomic E-state index is 0.000226. The highest BCUT2D eigenvalue weighted by Crippen LogP contribution is 2.30. The summed E-state index contributed by atoms with van der Waals surface area (Å²) in [5.41, 5.74) is 6.99. The molecule has 3 nitrogen and oxygen atoms in total. The van der Waals surface area contributed by atoms with Crippen molar-refractivity contribution in [3.05, 3.63) is 23.8 Å². The van der Waals surface area contributed by atoms with E-state index in [1.54, 1.807) is 0 Å². The first-order chi connectivity index (χ1) is 8.92. The van der Waals surface area contributed by atoms with Crippen LogP contribution in [0.4, 0.5) is 0 Å². The maximum Gasteiger partial charge on any atom is 0.124 e. The molecule has 0 aromatic heterocycles. The molecule has 19 heavy (non-hydrogen) atoms. The molecule has 0 unspecified atom stereocenters. The lowest BCUT2D eigenvalue weighted by molar-refractivity contribution is 0.113. The maximum atomic E-state index is 6.01. The summed E-state index contributed by atoms with van der Waals surface area (Å²) in [7, 11) is 4.13. The van der Waals surface area contributed by atoms with Crippen molar-refractivity contribution in [2.24, 2.45) is 5.73 Å². The van der Waals surface area contributed by atoms with Gasteiger partial charge in [-0.15, -0.1) is 11.8 Å². The SMILES string of the molecule is CCSc1cccc(OCC(C)(C)N(C)C)c1CN. The Morgan fingerprint density at radius 3 is 2.53 bits per heavy atom. The van der Waals surface area contributed by atoms with Crippen LogP contribution in [0.2, 0.25) is 0 Å². The number of likely N-dealkylation sites (N-methyl/N-ethyl adjacent to an activating group) is 1. The third-order valence-electron chi connectivity index (χ3n) is 3.39. The summed E-state index contributed by atoms with van der Waals surface area (Å²) in [6, 6.07) is 6.16. The third-order valence-corrected chi connectivity index (χ3v) is 4.37. The molecule has 0 heterocycles. The molecule has 0 aliphatic carbocycles. The molecule has 0 spiro atoms. The number of thioether (sulfide) groups is 1. The van der Waals surface area contributed by atoms with Crippen molar-refractivity contribution < 1.29 is 4.74 Å². The Kier molecular flexibility index (Phi) is 6.17. The van der Waals surface area contributed by atoms with Crippen LogP contribution < -0.4 is 10.5 Å². The van der Waals surface area contributed by atoms with E-state index in [2.05, 4.69) is 45.8 Å². The van der Waals surface area contributed by atoms with Gasteiger partial charge in [-0.1, -0.05) is 13.0 Å². The largest absolute Gasteiger partial charge is 0.491 e. The topological polar surface area (TPSA) is 38.5 Å². The molecule has 0 bridgehead atoms. The Bertz CT molecular complexity index is 405. The molecule has 1 rings (SSSR count). The lowest BCUT2D eigenvalue weighted by Gasteiger charge is -2.32. The van der Waals surface area contributed by atoms with Crippen molar-refractivity contribution in [2.45, 2.75) is 37.8 Å². The molecule has 0 saturated heterocycles. The summed E-state index contributed by atoms with van der Waals surface area (Å²) >= 11 is 1.81. The van der Waals surface area contributed by atoms with Gasteiger partial charge in [0, 0.05) is 22.5 Å². The molecule has 108 valence electrons. The maximum absolute atomic E-state index is 6.01. The highest BCUT2D eigenvalue weighted by atomic mass is 32.2. The van der Waals surface area contributed by atoms with Crippen molar-refractivity contribution in [1.29, 1.82) is 0 Å². The molecule has 0 fully saturated rings. The van der Waals surface area contributed by atoms with Gasteiger partial charge in [-0.2, -0.15) is 0 Å². The number of hydrogen-bond donors (Lipinski definition) is 1. The van der Waals surface area contributed by atoms with E-state index in [-0.39, 0.29) is 5.54 Å². The van der Waals surface area contributed by atoms with Crippen LogP contribution in [0.5, 0.6) is 5.75 Å². The van der Waals surface area contributed by atoms with Crippen LogP contribution in [0.3, 0.4) is 0 Å². The average molecular weight is 282 g/mol. The average Bonchev–Trinajstić information content (AvgIpc) is 2.36. The smallest absolute Gasteiger partial charge is 0.124 e. The second-order valence-electron chi connectivity index (χ2n) is 5.37. The Morgan fingerprint density at radius 1 is 1.32 bits per heavy atom. The Hall–Kier alpha value is -0.710. The Balaban J connectivity index is 2.86. The number of benzene rings is 1. The third kappa shape index (κ3) is 4.41. The molecule has 0 aliphatic rings. The molecular formula is C15H26N2OS. The predicted octanol–water partition coefficient (Wildman–Crippen LogP) is 2.98. The standard InChI is InChI=1S/C15H26N2OS/c1-6-19-14-9-7-8-13(12(14)10-16)18-11-15(2,3)17(4)5/h7-9H,6,10-11,16H2,1-5H3. The molecule has 0 saturated carbocycles. The number of rotatable bonds is 7. The zero-order valence-corrected chi connectivity index (χ0v) is 13.5. The Morgan fingerprint density at radius 2 is 2.00 bits per heavy atom. The molecule has 2 N–H and O–H groups in total. The second kappa shape index (κ2) is 7.17. The van der Waals surface area contributed by atoms with Gasteiger partial charge in [-0.3, -0.25) is 0 Å². The second-order valence-corrected chi connectivity index (χ2v) is 6.67. The van der Waals surface area contributed by atoms with Gasteiger partial charge in [0.05, 0.1) is 0 Å². The number of nitrogens with two attached hydrogens (primary N) is 1. The van der Waals surface area contributed by atoms with Crippen molar-refractivity contribution in [1.82, 2.24) is 4.90 Å². The molecule has 1 aromatic rings. The molecular weight excluding hydrogens is 256 g/mol. The predicted molar refractivity (Wildman–Crippen MR) is 84.0 cm³/mol. The number of nitrogens with zero attached hydrogens (tertiary/aromatic N) is 1. The summed E-state index contributed by atoms with van der Waals surface area (Å²) in [5, 5.41) is 0. The molecule has 0 atom stereocenters. The van der Waals surface area contributed by atoms with Gasteiger partial charge in [0.2, 0.25) is 0 Å². The van der Waals surface area contributed by atoms with Gasteiger partial charge < -0.3 is 15.4 Å². The van der Waals surface area contributed by atoms with E-state index < -0.39 is 0 Å². The fourth-order valence-corrected chi connectivity index (χ4v) is 2.40. The first-order valence-corrected chi connectivity index (χ1v) is 7.66. The van der Waals surface area contributed by atoms with Crippen LogP contribution >= 0.6 is 11.8 Å². The summed E-state index contributed by atoms with van der Waals surface area (Å²) < 4.78 is 6.01. The van der Waals surface area contributed by atoms with Crippen molar-refractivity contribution in [2.75, 3.05) is 26.5 Å². The van der Waals surface area contributed by atoms with Gasteiger partial charge in [0.15, 0.2) is 0 Å². The van der Waals surface area contributed by atoms with Crippen LogP contribution in [0, 0.1) is 0 Å². The van der Waals surface area contributed by atoms with Gasteiger partial charge in [0.25, 0.3) is 0 Å². The zero-order valence-electron chi connectivity index (χ0n) is 12.7. The molecule has 1 aromatic carbocycles. The van der Waals surface area contributed by atoms with Gasteiger partial charge in [-0.25, -0.2) is 0 Å². The van der Waals surface area contributed by atoms with Gasteiger partial charge >= 0.3 is 0 Å². The van der Waals surface area contributed by atoms with E-state index in [0.29, 0.717) is 13.2 Å². The van der Waals surface area contributed by atoms with Crippen LogP contribution in [-0.4, -0.2) is 36.9 Å². The van der Waals surface area contributed by atoms with E-state index >= 15 is 0 Å². The molecule has 0 radical (unpaired) electrons. The zero-order chi connectivity index (χ0) is 14.5. The van der Waals surface area contributed by atoms with Crippen molar-refractivity contribution >= 4 is 11.8 Å². The van der Waals surface area contributed by atoms with E-state index in [9.17, 15) is 0 Å². The molecule has 0 amide bonds. The quantitative estimate of drug-likeness (QED) is 0.780. The lowest BCUT2D eigenvalue weighted by Crippen LogP contribution is -2.43. The van der Waals surface area contributed by atoms with Crippen molar-refractivity contribution in [3.63, 3.8) is 0 Å². The summed E-state index contributed by atoms with van der Waals surface area (Å²) in [5.74, 6) is 1.95. The first kappa shape index (κ1) is 16.3. The molecule has 0 aliphatic heterocycles. The summed E-state index contributed by atoms with van der Waals surface area (Å²) in [4.78, 5) is 3.39. The van der Waals surface area contributed by atoms with E-state index in [0.717, 1.165) is 17.1 Å². The van der Waals surface area contributed by atoms with E-state index in [4.69, 9.17) is 10.5 Å². The van der Waals surface area contributed by atoms with E-state index in [1.165, 1.54) is 4.90 Å². The van der Waals surface area contributed by atoms with Crippen LogP contribution in [0.25, 0.3) is 0 Å². The van der Waals surface area contributed by atoms with Crippen molar-refractivity contribution in [3.8, 4) is 5.75 Å². The highest BCUT2D eigenvalue weighted by Gasteiger charge is 2.22. The highest BCUT2D eigenvalue weighted by molar-refractivity contribution is 7.99. The minimum Gasteiger partial charge on any atom is -0.491 e. The monoisotopic (exact) mass is 282 g/mol. The van der Waals surface area contributed by atoms with Crippen LogP contribution in [0.15, 0.2) is 23.1 Å². The molecule has 4 heteroatoms. The summed E-state index contributed by atoms with van der Waals surface area (Å²) in [6.07, 6.45) is 0. The normalized spacial score (nSPS) is 11.9. The lowest BCUT2D eigenvalue weighted by atomic mass is 10.1. The fourth-order valence-electron chi connectivity index (χ4n) is 1.56. The van der Waals surface area contributed by atoms with Crippen LogP contribution in [0.1, 0.15) is 26.3 Å². The number of hydrogen-bond acceptors (Lipinski definition) is 4. The minimum atomic E-state index is -0.000226. The van der Waals surface area contributed by atoms with Gasteiger partial charge in [-0.05, 0) is 45.8 Å². The van der Waals surface area contributed by atoms with Gasteiger partial charge in [0.1, 0.15) is 12.4 Å². The first-order valence-electron chi connectivity index (χ1n) is 6.67. The van der Waals surface area contributed by atoms with E-state index in [1.807, 2.05) is 23.9 Å². The number of ether oxygens (including phenoxy) is 1.